The van der Waals surface area contributed by atoms with E-state index in [0.717, 1.165) is 48.5 Å². The summed E-state index contributed by atoms with van der Waals surface area (Å²) in [5.74, 6) is -2.81. The number of rotatable bonds is 34. The number of pyridine rings is 2. The zero-order chi connectivity index (χ0) is 47.1. The van der Waals surface area contributed by atoms with Crippen LogP contribution in [-0.2, 0) is 22.9 Å². The van der Waals surface area contributed by atoms with Crippen molar-refractivity contribution in [3.8, 4) is 0 Å². The number of aromatic nitrogens is 2. The summed E-state index contributed by atoms with van der Waals surface area (Å²) < 4.78 is 29.1. The maximum atomic E-state index is 12.3. The molecule has 0 amide bonds. The van der Waals surface area contributed by atoms with Crippen LogP contribution in [-0.4, -0.2) is 20.4 Å². The Kier molecular flexibility index (Phi) is 33.0. The fourth-order valence-corrected chi connectivity index (χ4v) is 9.08. The van der Waals surface area contributed by atoms with Crippen molar-refractivity contribution in [1.29, 1.82) is 0 Å². The molecule has 0 N–H and O–H groups in total. The molecule has 2 heterocycles. The maximum Gasteiger partial charge on any atom is 0.206 e. The van der Waals surface area contributed by atoms with E-state index < -0.39 is 21.8 Å². The zero-order valence-corrected chi connectivity index (χ0v) is 41.2. The van der Waals surface area contributed by atoms with Gasteiger partial charge < -0.3 is 19.8 Å². The second-order valence-corrected chi connectivity index (χ2v) is 19.5. The molecule has 0 unspecified atom stereocenters. The van der Waals surface area contributed by atoms with E-state index in [4.69, 9.17) is 0 Å². The minimum atomic E-state index is -3.85. The van der Waals surface area contributed by atoms with Gasteiger partial charge in [-0.2, -0.15) is 0 Å². The molecule has 0 spiro atoms. The number of carboxylic acids is 2. The second kappa shape index (κ2) is 37.8. The van der Waals surface area contributed by atoms with Gasteiger partial charge in [0.15, 0.2) is 24.8 Å². The van der Waals surface area contributed by atoms with E-state index in [1.807, 2.05) is 0 Å². The normalized spacial score (nSPS) is 11.0. The molecule has 2 aromatic carbocycles. The van der Waals surface area contributed by atoms with Crippen molar-refractivity contribution in [1.82, 2.24) is 0 Å². The summed E-state index contributed by atoms with van der Waals surface area (Å²) in [6.45, 7) is 6.94. The summed E-state index contributed by atoms with van der Waals surface area (Å²) in [5, 5.41) is 21.2. The first-order valence-corrected chi connectivity index (χ1v) is 26.9. The van der Waals surface area contributed by atoms with E-state index in [-0.39, 0.29) is 20.9 Å². The van der Waals surface area contributed by atoms with Crippen molar-refractivity contribution in [2.75, 3.05) is 0 Å². The van der Waals surface area contributed by atoms with Crippen LogP contribution in [0, 0.1) is 0 Å². The van der Waals surface area contributed by atoms with Crippen molar-refractivity contribution in [3.05, 3.63) is 121 Å². The molecule has 0 atom stereocenters. The highest BCUT2D eigenvalue weighted by Crippen LogP contribution is 2.22. The zero-order valence-electron chi connectivity index (χ0n) is 40.4. The third-order valence-electron chi connectivity index (χ3n) is 11.9. The third kappa shape index (κ3) is 28.3. The van der Waals surface area contributed by atoms with Crippen molar-refractivity contribution >= 4 is 21.8 Å². The summed E-state index contributed by atoms with van der Waals surface area (Å²) in [4.78, 5) is 21.0. The number of nitrogens with zero attached hydrogens (tertiary/aromatic N) is 2. The van der Waals surface area contributed by atoms with Gasteiger partial charge in [-0.15, -0.1) is 0 Å². The molecule has 8 nitrogen and oxygen atoms in total. The van der Waals surface area contributed by atoms with E-state index in [1.54, 1.807) is 0 Å². The first-order chi connectivity index (χ1) is 31.7. The SMILES string of the molecule is CCCCCCCCCCCCCCCC[n+]1ccccc1.CCCCCCCCCCCCCCCC[n+]1ccccc1.O=C([O-])c1ccc(S(=O)(=O)c2ccc(C(=O)[O-])cc2)cc1. The molecule has 2 aromatic heterocycles. The first kappa shape index (κ1) is 56.8. The molecule has 9 heteroatoms. The van der Waals surface area contributed by atoms with Crippen molar-refractivity contribution in [2.24, 2.45) is 0 Å². The van der Waals surface area contributed by atoms with Crippen LogP contribution in [0.2, 0.25) is 0 Å². The highest BCUT2D eigenvalue weighted by molar-refractivity contribution is 7.91. The van der Waals surface area contributed by atoms with Crippen molar-refractivity contribution < 1.29 is 37.4 Å². The fourth-order valence-electron chi connectivity index (χ4n) is 7.82. The Balaban J connectivity index is 0.000000335. The number of aryl methyl sites for hydroxylation is 2. The summed E-state index contributed by atoms with van der Waals surface area (Å²) in [7, 11) is -3.85. The molecular weight excluding hydrogens is 829 g/mol. The summed E-state index contributed by atoms with van der Waals surface area (Å²) in [6.07, 6.45) is 48.8. The van der Waals surface area contributed by atoms with Crippen LogP contribution < -0.4 is 19.3 Å². The fraction of sp³-hybridized carbons (Fsp3) is 0.571. The lowest BCUT2D eigenvalue weighted by Crippen LogP contribution is -2.32. The van der Waals surface area contributed by atoms with E-state index >= 15 is 0 Å². The lowest BCUT2D eigenvalue weighted by atomic mass is 10.0. The summed E-state index contributed by atoms with van der Waals surface area (Å²) in [5.41, 5.74) is -0.275. The van der Waals surface area contributed by atoms with Crippen LogP contribution in [0.1, 0.15) is 214 Å². The number of aromatic carboxylic acids is 2. The number of carboxylic acid groups (broad SMARTS) is 2. The Labute approximate surface area is 394 Å². The Bertz CT molecular complexity index is 1720. The van der Waals surface area contributed by atoms with Gasteiger partial charge in [-0.3, -0.25) is 0 Å². The van der Waals surface area contributed by atoms with Crippen LogP contribution in [0.5, 0.6) is 0 Å². The highest BCUT2D eigenvalue weighted by Gasteiger charge is 2.17. The lowest BCUT2D eigenvalue weighted by Gasteiger charge is -2.08. The summed E-state index contributed by atoms with van der Waals surface area (Å²) >= 11 is 0. The summed E-state index contributed by atoms with van der Waals surface area (Å²) in [6, 6.07) is 21.7. The van der Waals surface area contributed by atoms with Gasteiger partial charge in [-0.05, 0) is 48.2 Å². The van der Waals surface area contributed by atoms with Gasteiger partial charge >= 0.3 is 0 Å². The largest absolute Gasteiger partial charge is 0.545 e. The number of hydrogen-bond acceptors (Lipinski definition) is 6. The van der Waals surface area contributed by atoms with E-state index in [9.17, 15) is 28.2 Å². The van der Waals surface area contributed by atoms with Gasteiger partial charge in [-0.25, -0.2) is 17.6 Å². The quantitative estimate of drug-likeness (QED) is 0.0340. The van der Waals surface area contributed by atoms with Crippen molar-refractivity contribution in [2.45, 2.75) is 217 Å². The highest BCUT2D eigenvalue weighted by atomic mass is 32.2. The Morgan fingerprint density at radius 1 is 0.369 bits per heavy atom. The molecule has 4 aromatic rings. The molecule has 0 aliphatic carbocycles. The van der Waals surface area contributed by atoms with Crippen LogP contribution in [0.15, 0.2) is 120 Å². The maximum absolute atomic E-state index is 12.3. The van der Waals surface area contributed by atoms with Gasteiger partial charge in [0.1, 0.15) is 13.1 Å². The molecule has 360 valence electrons. The van der Waals surface area contributed by atoms with Crippen LogP contribution in [0.4, 0.5) is 0 Å². The Morgan fingerprint density at radius 2 is 0.600 bits per heavy atom. The van der Waals surface area contributed by atoms with Gasteiger partial charge in [0, 0.05) is 37.1 Å². The van der Waals surface area contributed by atoms with Crippen LogP contribution >= 0.6 is 0 Å². The Hall–Kier alpha value is -4.37. The van der Waals surface area contributed by atoms with Crippen molar-refractivity contribution in [3.63, 3.8) is 0 Å². The minimum Gasteiger partial charge on any atom is -0.545 e. The van der Waals surface area contributed by atoms with E-state index in [1.165, 1.54) is 193 Å². The molecule has 0 bridgehead atoms. The van der Waals surface area contributed by atoms with Gasteiger partial charge in [0.2, 0.25) is 9.84 Å². The number of carbonyl (C=O) groups is 2. The number of unbranched alkanes of at least 4 members (excludes halogenated alkanes) is 26. The number of hydrogen-bond donors (Lipinski definition) is 0. The van der Waals surface area contributed by atoms with Gasteiger partial charge in [0.05, 0.1) is 21.7 Å². The molecule has 4 rings (SSSR count). The number of carbonyl (C=O) groups excluding carboxylic acids is 2. The molecule has 0 radical (unpaired) electrons. The predicted molar refractivity (Wildman–Crippen MR) is 261 cm³/mol. The van der Waals surface area contributed by atoms with Gasteiger partial charge in [-0.1, -0.05) is 204 Å². The third-order valence-corrected chi connectivity index (χ3v) is 13.7. The second-order valence-electron chi connectivity index (χ2n) is 17.5. The smallest absolute Gasteiger partial charge is 0.206 e. The monoisotopic (exact) mass is 913 g/mol. The van der Waals surface area contributed by atoms with Gasteiger partial charge in [0.25, 0.3) is 0 Å². The molecule has 0 aliphatic heterocycles. The molecule has 0 saturated carbocycles. The van der Waals surface area contributed by atoms with E-state index in [2.05, 4.69) is 84.2 Å². The molecule has 0 saturated heterocycles. The first-order valence-electron chi connectivity index (χ1n) is 25.4. The number of sulfone groups is 1. The standard InChI is InChI=1S/2C21H38N.C14H10O6S/c2*1-2-3-4-5-6-7-8-9-10-11-12-13-14-16-19-22-20-17-15-18-21-22;15-13(16)9-1-5-11(6-2-9)21(19,20)12-7-3-10(4-8-12)14(17)18/h2*15,17-18,20-21H,2-14,16,19H2,1H3;1-8H,(H,15,16)(H,17,18)/q2*+1;/p-2. The predicted octanol–water partition coefficient (Wildman–Crippen LogP) is 12.2. The average molecular weight is 913 g/mol. The number of benzene rings is 2. The average Bonchev–Trinajstić information content (AvgIpc) is 3.33. The van der Waals surface area contributed by atoms with Crippen LogP contribution in [0.3, 0.4) is 0 Å². The minimum absolute atomic E-state index is 0.103. The molecule has 0 fully saturated rings. The van der Waals surface area contributed by atoms with Crippen LogP contribution in [0.25, 0.3) is 0 Å². The molecule has 65 heavy (non-hydrogen) atoms. The lowest BCUT2D eigenvalue weighted by molar-refractivity contribution is -0.697. The topological polar surface area (TPSA) is 122 Å². The molecular formula is C56H84N2O6S. The molecule has 0 aliphatic rings. The van der Waals surface area contributed by atoms with E-state index in [0.29, 0.717) is 0 Å². The Morgan fingerprint density at radius 3 is 0.831 bits per heavy atom.